The standard InChI is InChI=1S/C28H30N2O3.ClH/c1-5-18-19(6-2)27-25(16-23(18)29)33-24-15-17(30(7-3)8-4)13-14-22(24)26(27)20-11-9-10-12-21(20)28(31)32;/h9-16,29H,5-8H2,1-4H3,(H,31,32);1H. The molecule has 2 N–H and O–H groups in total. The molecule has 2 aliphatic rings. The number of carboxylic acid groups (broad SMARTS) is 1. The predicted molar refractivity (Wildman–Crippen MR) is 141 cm³/mol. The van der Waals surface area contributed by atoms with Crippen LogP contribution in [0.2, 0.25) is 0 Å². The number of rotatable bonds is 7. The van der Waals surface area contributed by atoms with Gasteiger partial charge in [-0.3, -0.25) is 0 Å². The molecule has 34 heavy (non-hydrogen) atoms. The summed E-state index contributed by atoms with van der Waals surface area (Å²) in [5.41, 5.74) is 6.47. The molecule has 0 saturated carbocycles. The van der Waals surface area contributed by atoms with Gasteiger partial charge in [0.15, 0.2) is 0 Å². The maximum atomic E-state index is 12.2. The van der Waals surface area contributed by atoms with Crippen molar-refractivity contribution >= 4 is 35.0 Å². The van der Waals surface area contributed by atoms with Gasteiger partial charge in [-0.1, -0.05) is 32.0 Å². The highest BCUT2D eigenvalue weighted by molar-refractivity contribution is 6.08. The van der Waals surface area contributed by atoms with Crippen molar-refractivity contribution in [2.75, 3.05) is 18.0 Å². The Balaban J connectivity index is 0.00000324. The summed E-state index contributed by atoms with van der Waals surface area (Å²) < 4.78 is 6.42. The SMILES string of the molecule is CCc1c2c(-c3ccccc3C(=O)O)c3ccc(N(CC)CC)cc3oc-2cc(=N)c1CC.Cl. The minimum absolute atomic E-state index is 0. The number of anilines is 1. The fraction of sp³-hybridized carbons (Fsp3) is 0.286. The molecule has 1 aliphatic carbocycles. The molecule has 4 rings (SSSR count). The molecule has 0 fully saturated rings. The molecule has 1 aliphatic heterocycles. The summed E-state index contributed by atoms with van der Waals surface area (Å²) in [4.78, 5) is 14.4. The number of nitrogens with zero attached hydrogens (tertiary/aromatic N) is 1. The fourth-order valence-corrected chi connectivity index (χ4v) is 4.91. The van der Waals surface area contributed by atoms with Crippen molar-refractivity contribution in [3.05, 3.63) is 70.6 Å². The Morgan fingerprint density at radius 1 is 0.941 bits per heavy atom. The minimum atomic E-state index is -0.960. The molecule has 0 bridgehead atoms. The first-order chi connectivity index (χ1) is 15.9. The van der Waals surface area contributed by atoms with Gasteiger partial charge in [0, 0.05) is 47.4 Å². The van der Waals surface area contributed by atoms with Gasteiger partial charge in [0.1, 0.15) is 11.3 Å². The van der Waals surface area contributed by atoms with E-state index < -0.39 is 5.97 Å². The molecular formula is C28H31ClN2O3. The van der Waals surface area contributed by atoms with Gasteiger partial charge in [0.05, 0.1) is 10.9 Å². The van der Waals surface area contributed by atoms with Crippen molar-refractivity contribution in [1.82, 2.24) is 0 Å². The molecule has 0 saturated heterocycles. The second-order valence-electron chi connectivity index (χ2n) is 8.14. The van der Waals surface area contributed by atoms with Crippen LogP contribution < -0.4 is 10.3 Å². The van der Waals surface area contributed by atoms with Crippen LogP contribution in [0.3, 0.4) is 0 Å². The second kappa shape index (κ2) is 10.3. The van der Waals surface area contributed by atoms with Gasteiger partial charge >= 0.3 is 5.97 Å². The smallest absolute Gasteiger partial charge is 0.336 e. The van der Waals surface area contributed by atoms with Gasteiger partial charge in [-0.15, -0.1) is 12.4 Å². The molecule has 2 aromatic carbocycles. The van der Waals surface area contributed by atoms with Crippen LogP contribution in [-0.4, -0.2) is 24.2 Å². The minimum Gasteiger partial charge on any atom is -0.478 e. The molecule has 178 valence electrons. The number of nitrogens with one attached hydrogen (secondary N) is 1. The number of hydrogen-bond donors (Lipinski definition) is 2. The number of carboxylic acids is 1. The number of aromatic carboxylic acids is 1. The van der Waals surface area contributed by atoms with Gasteiger partial charge in [-0.25, -0.2) is 4.79 Å². The number of hydrogen-bond acceptors (Lipinski definition) is 4. The van der Waals surface area contributed by atoms with Crippen molar-refractivity contribution in [3.8, 4) is 22.5 Å². The van der Waals surface area contributed by atoms with Crippen molar-refractivity contribution in [1.29, 1.82) is 5.41 Å². The van der Waals surface area contributed by atoms with Crippen molar-refractivity contribution in [2.24, 2.45) is 0 Å². The maximum absolute atomic E-state index is 12.2. The van der Waals surface area contributed by atoms with E-state index in [1.807, 2.05) is 24.3 Å². The number of carbonyl (C=O) groups is 1. The number of fused-ring (bicyclic) bond motifs is 2. The van der Waals surface area contributed by atoms with Crippen LogP contribution in [0.25, 0.3) is 33.4 Å². The quantitative estimate of drug-likeness (QED) is 0.287. The topological polar surface area (TPSA) is 77.5 Å². The van der Waals surface area contributed by atoms with Crippen LogP contribution in [0.15, 0.2) is 52.9 Å². The van der Waals surface area contributed by atoms with Crippen LogP contribution in [0, 0.1) is 5.41 Å². The summed E-state index contributed by atoms with van der Waals surface area (Å²) in [5.74, 6) is -0.341. The van der Waals surface area contributed by atoms with E-state index in [0.717, 1.165) is 59.3 Å². The first-order valence-corrected chi connectivity index (χ1v) is 11.6. The number of benzene rings is 3. The van der Waals surface area contributed by atoms with Gasteiger partial charge in [-0.05, 0) is 61.6 Å². The van der Waals surface area contributed by atoms with Crippen LogP contribution in [0.5, 0.6) is 0 Å². The molecule has 0 atom stereocenters. The Hall–Kier alpha value is -3.31. The Kier molecular flexibility index (Phi) is 7.68. The lowest BCUT2D eigenvalue weighted by Crippen LogP contribution is -2.21. The third-order valence-electron chi connectivity index (χ3n) is 6.48. The molecule has 1 heterocycles. The van der Waals surface area contributed by atoms with Gasteiger partial charge < -0.3 is 19.8 Å². The van der Waals surface area contributed by atoms with E-state index in [2.05, 4.69) is 38.7 Å². The zero-order valence-electron chi connectivity index (χ0n) is 20.1. The highest BCUT2D eigenvalue weighted by Gasteiger charge is 2.25. The Morgan fingerprint density at radius 3 is 2.24 bits per heavy atom. The van der Waals surface area contributed by atoms with Crippen molar-refractivity contribution < 1.29 is 14.3 Å². The van der Waals surface area contributed by atoms with Gasteiger partial charge in [0.25, 0.3) is 0 Å². The lowest BCUT2D eigenvalue weighted by atomic mass is 9.85. The zero-order valence-corrected chi connectivity index (χ0v) is 20.9. The van der Waals surface area contributed by atoms with E-state index in [9.17, 15) is 9.90 Å². The molecule has 0 unspecified atom stereocenters. The normalized spacial score (nSPS) is 10.9. The maximum Gasteiger partial charge on any atom is 0.336 e. The van der Waals surface area contributed by atoms with E-state index in [1.165, 1.54) is 0 Å². The van der Waals surface area contributed by atoms with E-state index in [1.54, 1.807) is 18.2 Å². The Morgan fingerprint density at radius 2 is 1.62 bits per heavy atom. The molecule has 0 amide bonds. The summed E-state index contributed by atoms with van der Waals surface area (Å²) in [6, 6.07) is 15.1. The van der Waals surface area contributed by atoms with E-state index in [0.29, 0.717) is 22.3 Å². The Bertz CT molecular complexity index is 1370. The molecule has 0 aromatic heterocycles. The fourth-order valence-electron chi connectivity index (χ4n) is 4.91. The molecule has 5 nitrogen and oxygen atoms in total. The first-order valence-electron chi connectivity index (χ1n) is 11.6. The zero-order chi connectivity index (χ0) is 23.7. The van der Waals surface area contributed by atoms with Crippen LogP contribution in [0.1, 0.15) is 49.2 Å². The second-order valence-corrected chi connectivity index (χ2v) is 8.14. The largest absolute Gasteiger partial charge is 0.478 e. The highest BCUT2D eigenvalue weighted by Crippen LogP contribution is 2.44. The van der Waals surface area contributed by atoms with Crippen molar-refractivity contribution in [2.45, 2.75) is 40.5 Å². The lowest BCUT2D eigenvalue weighted by molar-refractivity contribution is 0.0697. The molecule has 6 heteroatoms. The van der Waals surface area contributed by atoms with Crippen LogP contribution in [0.4, 0.5) is 5.69 Å². The highest BCUT2D eigenvalue weighted by atomic mass is 35.5. The average molecular weight is 479 g/mol. The van der Waals surface area contributed by atoms with Crippen LogP contribution >= 0.6 is 12.4 Å². The molecule has 0 radical (unpaired) electrons. The monoisotopic (exact) mass is 478 g/mol. The molecule has 2 aromatic rings. The first kappa shape index (κ1) is 25.3. The Labute approximate surface area is 206 Å². The average Bonchev–Trinajstić information content (AvgIpc) is 2.82. The van der Waals surface area contributed by atoms with E-state index in [-0.39, 0.29) is 18.0 Å². The van der Waals surface area contributed by atoms with Crippen LogP contribution in [-0.2, 0) is 12.8 Å². The molecule has 0 spiro atoms. The van der Waals surface area contributed by atoms with E-state index >= 15 is 0 Å². The summed E-state index contributed by atoms with van der Waals surface area (Å²) in [6.45, 7) is 10.1. The molecular weight excluding hydrogens is 448 g/mol. The van der Waals surface area contributed by atoms with Gasteiger partial charge in [0.2, 0.25) is 0 Å². The summed E-state index contributed by atoms with van der Waals surface area (Å²) >= 11 is 0. The summed E-state index contributed by atoms with van der Waals surface area (Å²) in [6.07, 6.45) is 1.46. The summed E-state index contributed by atoms with van der Waals surface area (Å²) in [5, 5.41) is 19.9. The third kappa shape index (κ3) is 4.16. The predicted octanol–water partition coefficient (Wildman–Crippen LogP) is 6.78. The van der Waals surface area contributed by atoms with Gasteiger partial charge in [-0.2, -0.15) is 0 Å². The van der Waals surface area contributed by atoms with E-state index in [4.69, 9.17) is 9.83 Å². The third-order valence-corrected chi connectivity index (χ3v) is 6.48. The lowest BCUT2D eigenvalue weighted by Gasteiger charge is -2.24. The number of halogens is 1. The van der Waals surface area contributed by atoms with Crippen molar-refractivity contribution in [3.63, 3.8) is 0 Å². The summed E-state index contributed by atoms with van der Waals surface area (Å²) in [7, 11) is 0.